The Kier molecular flexibility index (Phi) is 7.17. The Labute approximate surface area is 165 Å². The zero-order valence-corrected chi connectivity index (χ0v) is 16.1. The first-order valence-electron chi connectivity index (χ1n) is 9.36. The van der Waals surface area contributed by atoms with Gasteiger partial charge < -0.3 is 24.1 Å². The number of aliphatic hydroxyl groups is 1. The average molecular weight is 386 g/mol. The SMILES string of the molecule is CC(=O)O[C@H]1[C@@H](OCc2ccccc2)[C@H](OCc2ccccc2)[C@@H](C)O[C@@H]1O. The fourth-order valence-electron chi connectivity index (χ4n) is 3.26. The molecule has 28 heavy (non-hydrogen) atoms. The summed E-state index contributed by atoms with van der Waals surface area (Å²) in [6.45, 7) is 3.75. The molecule has 5 atom stereocenters. The van der Waals surface area contributed by atoms with Crippen LogP contribution in [0.4, 0.5) is 0 Å². The zero-order chi connectivity index (χ0) is 19.9. The lowest BCUT2D eigenvalue weighted by atomic mass is 9.98. The van der Waals surface area contributed by atoms with Gasteiger partial charge in [0.15, 0.2) is 12.4 Å². The van der Waals surface area contributed by atoms with Gasteiger partial charge in [0.1, 0.15) is 12.2 Å². The van der Waals surface area contributed by atoms with Gasteiger partial charge in [-0.2, -0.15) is 0 Å². The molecule has 2 aromatic rings. The van der Waals surface area contributed by atoms with Crippen LogP contribution in [0.2, 0.25) is 0 Å². The van der Waals surface area contributed by atoms with Crippen molar-refractivity contribution in [3.8, 4) is 0 Å². The van der Waals surface area contributed by atoms with E-state index in [1.54, 1.807) is 0 Å². The first kappa shape index (κ1) is 20.5. The van der Waals surface area contributed by atoms with Gasteiger partial charge in [0.25, 0.3) is 0 Å². The molecule has 0 bridgehead atoms. The minimum Gasteiger partial charge on any atom is -0.454 e. The molecule has 6 nitrogen and oxygen atoms in total. The Balaban J connectivity index is 1.76. The second-order valence-corrected chi connectivity index (χ2v) is 6.83. The Bertz CT molecular complexity index is 735. The number of hydrogen-bond acceptors (Lipinski definition) is 6. The van der Waals surface area contributed by atoms with Gasteiger partial charge in [0, 0.05) is 6.92 Å². The number of hydrogen-bond donors (Lipinski definition) is 1. The van der Waals surface area contributed by atoms with Crippen molar-refractivity contribution in [2.75, 3.05) is 0 Å². The molecule has 1 aliphatic rings. The fraction of sp³-hybridized carbons (Fsp3) is 0.409. The number of benzene rings is 2. The molecule has 0 saturated carbocycles. The number of aliphatic hydroxyl groups excluding tert-OH is 1. The summed E-state index contributed by atoms with van der Waals surface area (Å²) in [5.41, 5.74) is 1.98. The molecular formula is C22H26O6. The van der Waals surface area contributed by atoms with E-state index < -0.39 is 36.7 Å². The molecule has 3 rings (SSSR count). The molecule has 0 amide bonds. The van der Waals surface area contributed by atoms with E-state index in [9.17, 15) is 9.90 Å². The van der Waals surface area contributed by atoms with Crippen molar-refractivity contribution >= 4 is 5.97 Å². The van der Waals surface area contributed by atoms with Gasteiger partial charge in [-0.3, -0.25) is 4.79 Å². The van der Waals surface area contributed by atoms with Crippen molar-refractivity contribution in [2.45, 2.75) is 57.8 Å². The quantitative estimate of drug-likeness (QED) is 0.738. The molecule has 0 spiro atoms. The Morgan fingerprint density at radius 1 is 0.893 bits per heavy atom. The van der Waals surface area contributed by atoms with E-state index >= 15 is 0 Å². The zero-order valence-electron chi connectivity index (χ0n) is 16.1. The molecule has 150 valence electrons. The number of ether oxygens (including phenoxy) is 4. The predicted octanol–water partition coefficient (Wildman–Crippen LogP) is 2.83. The summed E-state index contributed by atoms with van der Waals surface area (Å²) in [4.78, 5) is 11.6. The summed E-state index contributed by atoms with van der Waals surface area (Å²) >= 11 is 0. The third-order valence-electron chi connectivity index (χ3n) is 4.62. The van der Waals surface area contributed by atoms with Crippen LogP contribution in [0.3, 0.4) is 0 Å². The highest BCUT2D eigenvalue weighted by Crippen LogP contribution is 2.28. The highest BCUT2D eigenvalue weighted by atomic mass is 16.7. The third kappa shape index (κ3) is 5.39. The van der Waals surface area contributed by atoms with Crippen molar-refractivity contribution in [1.29, 1.82) is 0 Å². The minimum absolute atomic E-state index is 0.300. The van der Waals surface area contributed by atoms with Gasteiger partial charge >= 0.3 is 5.97 Å². The van der Waals surface area contributed by atoms with Gasteiger partial charge in [-0.25, -0.2) is 0 Å². The molecule has 0 unspecified atom stereocenters. The van der Waals surface area contributed by atoms with Crippen LogP contribution in [-0.2, 0) is 37.0 Å². The second kappa shape index (κ2) is 9.80. The Hall–Kier alpha value is -2.25. The molecular weight excluding hydrogens is 360 g/mol. The second-order valence-electron chi connectivity index (χ2n) is 6.83. The molecule has 0 aliphatic carbocycles. The van der Waals surface area contributed by atoms with Crippen LogP contribution in [0.5, 0.6) is 0 Å². The highest BCUT2D eigenvalue weighted by molar-refractivity contribution is 5.66. The molecule has 1 saturated heterocycles. The van der Waals surface area contributed by atoms with E-state index in [1.807, 2.05) is 67.6 Å². The Morgan fingerprint density at radius 2 is 1.39 bits per heavy atom. The highest BCUT2D eigenvalue weighted by Gasteiger charge is 2.47. The number of carbonyl (C=O) groups excluding carboxylic acids is 1. The monoisotopic (exact) mass is 386 g/mol. The van der Waals surface area contributed by atoms with Crippen molar-refractivity contribution in [3.05, 3.63) is 71.8 Å². The van der Waals surface area contributed by atoms with Crippen molar-refractivity contribution < 1.29 is 28.8 Å². The van der Waals surface area contributed by atoms with Gasteiger partial charge in [-0.05, 0) is 18.1 Å². The summed E-state index contributed by atoms with van der Waals surface area (Å²) in [5, 5.41) is 10.3. The van der Waals surface area contributed by atoms with Crippen molar-refractivity contribution in [3.63, 3.8) is 0 Å². The number of carbonyl (C=O) groups is 1. The van der Waals surface area contributed by atoms with E-state index in [-0.39, 0.29) is 0 Å². The van der Waals surface area contributed by atoms with Crippen molar-refractivity contribution in [2.24, 2.45) is 0 Å². The Morgan fingerprint density at radius 3 is 1.89 bits per heavy atom. The van der Waals surface area contributed by atoms with Crippen LogP contribution in [0, 0.1) is 0 Å². The minimum atomic E-state index is -1.28. The van der Waals surface area contributed by atoms with Crippen molar-refractivity contribution in [1.82, 2.24) is 0 Å². The van der Waals surface area contributed by atoms with Gasteiger partial charge in [-0.15, -0.1) is 0 Å². The molecule has 0 radical (unpaired) electrons. The summed E-state index contributed by atoms with van der Waals surface area (Å²) in [6, 6.07) is 19.4. The normalized spacial score (nSPS) is 27.3. The van der Waals surface area contributed by atoms with Crippen LogP contribution in [-0.4, -0.2) is 41.8 Å². The lowest BCUT2D eigenvalue weighted by Gasteiger charge is -2.43. The molecule has 2 aromatic carbocycles. The van der Waals surface area contributed by atoms with Gasteiger partial charge in [0.05, 0.1) is 19.3 Å². The third-order valence-corrected chi connectivity index (χ3v) is 4.62. The lowest BCUT2D eigenvalue weighted by Crippen LogP contribution is -2.59. The van der Waals surface area contributed by atoms with E-state index in [0.29, 0.717) is 13.2 Å². The summed E-state index contributed by atoms with van der Waals surface area (Å²) in [6.07, 6.45) is -3.89. The molecule has 1 N–H and O–H groups in total. The summed E-state index contributed by atoms with van der Waals surface area (Å²) in [5.74, 6) is -0.516. The molecule has 1 heterocycles. The van der Waals surface area contributed by atoms with Crippen LogP contribution >= 0.6 is 0 Å². The van der Waals surface area contributed by atoms with Gasteiger partial charge in [-0.1, -0.05) is 60.7 Å². The maximum absolute atomic E-state index is 11.6. The molecule has 6 heteroatoms. The lowest BCUT2D eigenvalue weighted by molar-refractivity contribution is -0.300. The van der Waals surface area contributed by atoms with E-state index in [4.69, 9.17) is 18.9 Å². The van der Waals surface area contributed by atoms with E-state index in [2.05, 4.69) is 0 Å². The van der Waals surface area contributed by atoms with E-state index in [0.717, 1.165) is 11.1 Å². The smallest absolute Gasteiger partial charge is 0.303 e. The van der Waals surface area contributed by atoms with E-state index in [1.165, 1.54) is 6.92 Å². The summed E-state index contributed by atoms with van der Waals surface area (Å²) in [7, 11) is 0. The van der Waals surface area contributed by atoms with Crippen LogP contribution in [0.25, 0.3) is 0 Å². The standard InChI is InChI=1S/C22H26O6/c1-15-19(25-13-17-9-5-3-6-10-17)20(21(22(24)27-15)28-16(2)23)26-14-18-11-7-4-8-12-18/h3-12,15,19-22,24H,13-14H2,1-2H3/t15-,19-,20+,21+,22+/m1/s1. The average Bonchev–Trinajstić information content (AvgIpc) is 2.69. The summed E-state index contributed by atoms with van der Waals surface area (Å²) < 4.78 is 23.0. The number of rotatable bonds is 7. The van der Waals surface area contributed by atoms with Crippen LogP contribution in [0.15, 0.2) is 60.7 Å². The first-order valence-corrected chi connectivity index (χ1v) is 9.36. The molecule has 1 fully saturated rings. The topological polar surface area (TPSA) is 74.2 Å². The molecule has 0 aromatic heterocycles. The largest absolute Gasteiger partial charge is 0.454 e. The van der Waals surface area contributed by atoms with Crippen LogP contribution in [0.1, 0.15) is 25.0 Å². The first-order chi connectivity index (χ1) is 13.5. The fourth-order valence-corrected chi connectivity index (χ4v) is 3.26. The number of esters is 1. The maximum Gasteiger partial charge on any atom is 0.303 e. The molecule has 1 aliphatic heterocycles. The predicted molar refractivity (Wildman–Crippen MR) is 102 cm³/mol. The van der Waals surface area contributed by atoms with Crippen LogP contribution < -0.4 is 0 Å². The van der Waals surface area contributed by atoms with Gasteiger partial charge in [0.2, 0.25) is 0 Å². The maximum atomic E-state index is 11.6.